The molecule has 6 heteroatoms. The molecule has 2 aliphatic heterocycles. The van der Waals surface area contributed by atoms with E-state index < -0.39 is 0 Å². The van der Waals surface area contributed by atoms with E-state index in [-0.39, 0.29) is 17.7 Å². The Hall–Kier alpha value is -1.79. The number of aromatic amines is 1. The van der Waals surface area contributed by atoms with Crippen molar-refractivity contribution in [3.8, 4) is 0 Å². The quantitative estimate of drug-likeness (QED) is 0.663. The number of H-pyrrole nitrogens is 1. The molecule has 2 aromatic rings. The number of hydrogen-bond acceptors (Lipinski definition) is 4. The van der Waals surface area contributed by atoms with Crippen LogP contribution in [0.15, 0.2) is 30.5 Å². The number of hydrogen-bond donors (Lipinski definition) is 1. The normalized spacial score (nSPS) is 21.8. The molecule has 1 amide bonds. The number of likely N-dealkylation sites (tertiary alicyclic amines) is 1. The average molecular weight is 372 g/mol. The molecule has 1 N–H and O–H groups in total. The first-order chi connectivity index (χ1) is 12.7. The SMILES string of the molecule is O=C(C(=O)N1CCCSCC1CN1CCCC1)c1c[nH]c2ccccc12. The zero-order chi connectivity index (χ0) is 17.9. The van der Waals surface area contributed by atoms with Crippen LogP contribution in [0, 0.1) is 0 Å². The lowest BCUT2D eigenvalue weighted by atomic mass is 10.1. The van der Waals surface area contributed by atoms with Crippen LogP contribution >= 0.6 is 11.8 Å². The molecule has 1 unspecified atom stereocenters. The topological polar surface area (TPSA) is 56.4 Å². The summed E-state index contributed by atoms with van der Waals surface area (Å²) in [6, 6.07) is 7.77. The van der Waals surface area contributed by atoms with Crippen LogP contribution in [-0.2, 0) is 4.79 Å². The minimum Gasteiger partial charge on any atom is -0.360 e. The number of amides is 1. The Labute approximate surface area is 158 Å². The van der Waals surface area contributed by atoms with Crippen molar-refractivity contribution in [2.75, 3.05) is 37.7 Å². The summed E-state index contributed by atoms with van der Waals surface area (Å²) in [5.74, 6) is 1.24. The van der Waals surface area contributed by atoms with Crippen LogP contribution in [-0.4, -0.2) is 70.2 Å². The van der Waals surface area contributed by atoms with Crippen molar-refractivity contribution >= 4 is 34.4 Å². The maximum Gasteiger partial charge on any atom is 0.295 e. The van der Waals surface area contributed by atoms with E-state index in [1.54, 1.807) is 6.20 Å². The van der Waals surface area contributed by atoms with Crippen LogP contribution in [0.4, 0.5) is 0 Å². The molecule has 2 saturated heterocycles. The fraction of sp³-hybridized carbons (Fsp3) is 0.500. The molecule has 5 nitrogen and oxygen atoms in total. The first kappa shape index (κ1) is 17.6. The highest BCUT2D eigenvalue weighted by Crippen LogP contribution is 2.23. The van der Waals surface area contributed by atoms with E-state index in [0.717, 1.165) is 48.5 Å². The van der Waals surface area contributed by atoms with Crippen molar-refractivity contribution < 1.29 is 9.59 Å². The van der Waals surface area contributed by atoms with E-state index in [0.29, 0.717) is 12.1 Å². The summed E-state index contributed by atoms with van der Waals surface area (Å²) < 4.78 is 0. The molecule has 0 spiro atoms. The maximum atomic E-state index is 13.1. The number of para-hydroxylation sites is 1. The number of ketones is 1. The molecule has 0 saturated carbocycles. The predicted octanol–water partition coefficient (Wildman–Crippen LogP) is 2.78. The van der Waals surface area contributed by atoms with Gasteiger partial charge in [-0.2, -0.15) is 11.8 Å². The monoisotopic (exact) mass is 371 g/mol. The summed E-state index contributed by atoms with van der Waals surface area (Å²) in [5.41, 5.74) is 1.38. The van der Waals surface area contributed by atoms with Crippen LogP contribution < -0.4 is 0 Å². The molecule has 26 heavy (non-hydrogen) atoms. The van der Waals surface area contributed by atoms with Crippen LogP contribution in [0.3, 0.4) is 0 Å². The largest absolute Gasteiger partial charge is 0.360 e. The van der Waals surface area contributed by atoms with Crippen LogP contribution in [0.2, 0.25) is 0 Å². The molecule has 3 heterocycles. The number of carbonyl (C=O) groups is 2. The second-order valence-electron chi connectivity index (χ2n) is 7.17. The van der Waals surface area contributed by atoms with Crippen LogP contribution in [0.5, 0.6) is 0 Å². The van der Waals surface area contributed by atoms with E-state index in [1.165, 1.54) is 12.8 Å². The number of Topliss-reactive ketones (excluding diaryl/α,β-unsaturated/α-hetero) is 1. The van der Waals surface area contributed by atoms with Crippen molar-refractivity contribution in [2.24, 2.45) is 0 Å². The second-order valence-corrected chi connectivity index (χ2v) is 8.32. The van der Waals surface area contributed by atoms with Crippen LogP contribution in [0.25, 0.3) is 10.9 Å². The number of nitrogens with one attached hydrogen (secondary N) is 1. The third kappa shape index (κ3) is 3.53. The van der Waals surface area contributed by atoms with E-state index in [1.807, 2.05) is 40.9 Å². The van der Waals surface area contributed by atoms with Gasteiger partial charge in [-0.15, -0.1) is 0 Å². The highest BCUT2D eigenvalue weighted by atomic mass is 32.2. The van der Waals surface area contributed by atoms with E-state index in [2.05, 4.69) is 9.88 Å². The first-order valence-electron chi connectivity index (χ1n) is 9.45. The zero-order valence-corrected chi connectivity index (χ0v) is 15.8. The minimum atomic E-state index is -0.388. The van der Waals surface area contributed by atoms with Crippen LogP contribution in [0.1, 0.15) is 29.6 Å². The smallest absolute Gasteiger partial charge is 0.295 e. The van der Waals surface area contributed by atoms with Crippen molar-refractivity contribution in [1.82, 2.24) is 14.8 Å². The number of fused-ring (bicyclic) bond motifs is 1. The van der Waals surface area contributed by atoms with Gasteiger partial charge in [-0.3, -0.25) is 9.59 Å². The molecule has 4 rings (SSSR count). The number of thioether (sulfide) groups is 1. The third-order valence-corrected chi connectivity index (χ3v) is 6.59. The van der Waals surface area contributed by atoms with Gasteiger partial charge in [0.15, 0.2) is 0 Å². The van der Waals surface area contributed by atoms with Gasteiger partial charge in [-0.1, -0.05) is 18.2 Å². The van der Waals surface area contributed by atoms with Crippen molar-refractivity contribution in [2.45, 2.75) is 25.3 Å². The predicted molar refractivity (Wildman–Crippen MR) is 106 cm³/mol. The summed E-state index contributed by atoms with van der Waals surface area (Å²) in [5, 5.41) is 0.825. The number of nitrogens with zero attached hydrogens (tertiary/aromatic N) is 2. The van der Waals surface area contributed by atoms with Gasteiger partial charge in [0.1, 0.15) is 0 Å². The zero-order valence-electron chi connectivity index (χ0n) is 14.9. The first-order valence-corrected chi connectivity index (χ1v) is 10.6. The lowest BCUT2D eigenvalue weighted by Gasteiger charge is -2.32. The molecule has 1 aromatic carbocycles. The van der Waals surface area contributed by atoms with Gasteiger partial charge in [0.25, 0.3) is 11.7 Å². The molecule has 1 atom stereocenters. The summed E-state index contributed by atoms with van der Waals surface area (Å²) in [6.07, 6.45) is 5.10. The second kappa shape index (κ2) is 7.84. The van der Waals surface area contributed by atoms with Crippen molar-refractivity contribution in [1.29, 1.82) is 0 Å². The highest BCUT2D eigenvalue weighted by Gasteiger charge is 2.33. The summed E-state index contributed by atoms with van der Waals surface area (Å²) >= 11 is 1.90. The third-order valence-electron chi connectivity index (χ3n) is 5.40. The molecule has 2 fully saturated rings. The fourth-order valence-corrected chi connectivity index (χ4v) is 5.07. The molecule has 0 radical (unpaired) electrons. The Balaban J connectivity index is 1.56. The van der Waals surface area contributed by atoms with Gasteiger partial charge in [0, 0.05) is 35.9 Å². The Morgan fingerprint density at radius 2 is 1.92 bits per heavy atom. The van der Waals surface area contributed by atoms with Gasteiger partial charge in [0.05, 0.1) is 11.6 Å². The molecule has 138 valence electrons. The van der Waals surface area contributed by atoms with Gasteiger partial charge in [0.2, 0.25) is 0 Å². The van der Waals surface area contributed by atoms with Gasteiger partial charge < -0.3 is 14.8 Å². The number of carbonyl (C=O) groups excluding carboxylic acids is 2. The Kier molecular flexibility index (Phi) is 5.31. The lowest BCUT2D eigenvalue weighted by molar-refractivity contribution is -0.128. The van der Waals surface area contributed by atoms with E-state index in [4.69, 9.17) is 0 Å². The molecule has 0 bridgehead atoms. The summed E-state index contributed by atoms with van der Waals surface area (Å²) in [6.45, 7) is 3.79. The van der Waals surface area contributed by atoms with E-state index >= 15 is 0 Å². The average Bonchev–Trinajstić information content (AvgIpc) is 3.26. The van der Waals surface area contributed by atoms with E-state index in [9.17, 15) is 9.59 Å². The van der Waals surface area contributed by atoms with Gasteiger partial charge in [-0.05, 0) is 44.2 Å². The number of benzene rings is 1. The molecule has 2 aliphatic rings. The Bertz CT molecular complexity index is 797. The Morgan fingerprint density at radius 1 is 1.12 bits per heavy atom. The fourth-order valence-electron chi connectivity index (χ4n) is 4.02. The molecule has 1 aromatic heterocycles. The highest BCUT2D eigenvalue weighted by molar-refractivity contribution is 7.99. The van der Waals surface area contributed by atoms with Crippen molar-refractivity contribution in [3.63, 3.8) is 0 Å². The number of rotatable bonds is 4. The minimum absolute atomic E-state index is 0.127. The summed E-state index contributed by atoms with van der Waals surface area (Å²) in [7, 11) is 0. The number of aromatic nitrogens is 1. The lowest BCUT2D eigenvalue weighted by Crippen LogP contribution is -2.49. The summed E-state index contributed by atoms with van der Waals surface area (Å²) in [4.78, 5) is 33.5. The molecule has 0 aliphatic carbocycles. The van der Waals surface area contributed by atoms with Gasteiger partial charge in [-0.25, -0.2) is 0 Å². The standard InChI is InChI=1S/C20H25N3O2S/c24-19(17-12-21-18-7-2-1-6-16(17)18)20(25)23-10-5-11-26-14-15(23)13-22-8-3-4-9-22/h1-2,6-7,12,15,21H,3-5,8-11,13-14H2. The maximum absolute atomic E-state index is 13.1. The van der Waals surface area contributed by atoms with Crippen molar-refractivity contribution in [3.05, 3.63) is 36.0 Å². The molecular weight excluding hydrogens is 346 g/mol. The van der Waals surface area contributed by atoms with Gasteiger partial charge >= 0.3 is 0 Å². The molecular formula is C20H25N3O2S. The Morgan fingerprint density at radius 3 is 2.77 bits per heavy atom.